The van der Waals surface area contributed by atoms with Crippen molar-refractivity contribution in [1.82, 2.24) is 14.8 Å². The van der Waals surface area contributed by atoms with Gasteiger partial charge in [0.1, 0.15) is 12.6 Å². The van der Waals surface area contributed by atoms with Gasteiger partial charge in [0, 0.05) is 29.1 Å². The second-order valence-electron chi connectivity index (χ2n) is 8.12. The molecule has 0 radical (unpaired) electrons. The smallest absolute Gasteiger partial charge is 0.246 e. The van der Waals surface area contributed by atoms with Crippen LogP contribution in [0.15, 0.2) is 54.6 Å². The van der Waals surface area contributed by atoms with Crippen LogP contribution in [0.2, 0.25) is 0 Å². The van der Waals surface area contributed by atoms with Crippen molar-refractivity contribution in [2.45, 2.75) is 44.8 Å². The topological polar surface area (TPSA) is 56.4 Å². The molecule has 0 unspecified atom stereocenters. The van der Waals surface area contributed by atoms with Gasteiger partial charge in [0.2, 0.25) is 11.8 Å². The Morgan fingerprint density at radius 2 is 1.79 bits per heavy atom. The first kappa shape index (κ1) is 18.0. The van der Waals surface area contributed by atoms with Crippen molar-refractivity contribution in [2.75, 3.05) is 6.54 Å². The number of aromatic amines is 1. The fraction of sp³-hybridized carbons (Fsp3) is 0.333. The number of rotatable bonds is 3. The van der Waals surface area contributed by atoms with E-state index in [2.05, 4.69) is 24.0 Å². The van der Waals surface area contributed by atoms with Crippen LogP contribution in [0.3, 0.4) is 0 Å². The molecule has 2 amide bonds. The van der Waals surface area contributed by atoms with Crippen molar-refractivity contribution in [3.05, 3.63) is 71.4 Å². The summed E-state index contributed by atoms with van der Waals surface area (Å²) < 4.78 is 0. The molecule has 5 heteroatoms. The molecule has 0 saturated carbocycles. The molecule has 2 aromatic carbocycles. The van der Waals surface area contributed by atoms with E-state index in [1.807, 2.05) is 54.3 Å². The lowest BCUT2D eigenvalue weighted by Crippen LogP contribution is -2.64. The molecule has 0 aliphatic carbocycles. The zero-order valence-electron chi connectivity index (χ0n) is 16.8. The molecule has 0 spiro atoms. The van der Waals surface area contributed by atoms with E-state index >= 15 is 0 Å². The van der Waals surface area contributed by atoms with E-state index in [9.17, 15) is 9.59 Å². The standard InChI is InChI=1S/C24H25N3O2/c1-3-15(2)26-14-21(28)27-20(24(26)29)13-18-17-11-7-8-12-19(17)25-22(18)23(27)16-9-5-4-6-10-16/h4-12,15,20,23,25H,3,13-14H2,1-2H3/t15-,20-,23+/m1/s1. The first-order chi connectivity index (χ1) is 14.1. The first-order valence-electron chi connectivity index (χ1n) is 10.4. The number of nitrogens with zero attached hydrogens (tertiary/aromatic N) is 2. The lowest BCUT2D eigenvalue weighted by atomic mass is 9.86. The molecule has 148 valence electrons. The van der Waals surface area contributed by atoms with Crippen LogP contribution >= 0.6 is 0 Å². The molecule has 2 aliphatic rings. The Morgan fingerprint density at radius 1 is 1.07 bits per heavy atom. The highest BCUT2D eigenvalue weighted by Gasteiger charge is 2.48. The number of H-pyrrole nitrogens is 1. The van der Waals surface area contributed by atoms with E-state index < -0.39 is 6.04 Å². The average Bonchev–Trinajstić information content (AvgIpc) is 3.13. The van der Waals surface area contributed by atoms with Gasteiger partial charge in [-0.1, -0.05) is 55.5 Å². The summed E-state index contributed by atoms with van der Waals surface area (Å²) >= 11 is 0. The lowest BCUT2D eigenvalue weighted by molar-refractivity contribution is -0.160. The Morgan fingerprint density at radius 3 is 2.55 bits per heavy atom. The molecular formula is C24H25N3O2. The Balaban J connectivity index is 1.70. The van der Waals surface area contributed by atoms with Crippen molar-refractivity contribution < 1.29 is 9.59 Å². The van der Waals surface area contributed by atoms with Crippen LogP contribution in [0.1, 0.15) is 43.1 Å². The summed E-state index contributed by atoms with van der Waals surface area (Å²) in [5.74, 6) is 0.0869. The van der Waals surface area contributed by atoms with Gasteiger partial charge in [0.05, 0.1) is 6.04 Å². The summed E-state index contributed by atoms with van der Waals surface area (Å²) in [4.78, 5) is 34.0. The van der Waals surface area contributed by atoms with Gasteiger partial charge in [0.15, 0.2) is 0 Å². The predicted molar refractivity (Wildman–Crippen MR) is 112 cm³/mol. The SMILES string of the molecule is CC[C@@H](C)N1CC(=O)N2[C@@H](c3ccccc3)c3[nH]c4ccccc4c3C[C@@H]2C1=O. The van der Waals surface area contributed by atoms with E-state index in [0.717, 1.165) is 34.1 Å². The molecule has 1 fully saturated rings. The van der Waals surface area contributed by atoms with E-state index in [1.54, 1.807) is 4.90 Å². The quantitative estimate of drug-likeness (QED) is 0.746. The monoisotopic (exact) mass is 387 g/mol. The number of aromatic nitrogens is 1. The van der Waals surface area contributed by atoms with Crippen LogP contribution < -0.4 is 0 Å². The molecule has 5 nitrogen and oxygen atoms in total. The van der Waals surface area contributed by atoms with Gasteiger partial charge >= 0.3 is 0 Å². The second kappa shape index (κ2) is 6.76. The maximum atomic E-state index is 13.5. The zero-order valence-corrected chi connectivity index (χ0v) is 16.8. The fourth-order valence-corrected chi connectivity index (χ4v) is 4.86. The number of benzene rings is 2. The minimum atomic E-state index is -0.456. The van der Waals surface area contributed by atoms with Gasteiger partial charge < -0.3 is 14.8 Å². The Labute approximate surface area is 170 Å². The number of amides is 2. The van der Waals surface area contributed by atoms with Crippen molar-refractivity contribution in [3.63, 3.8) is 0 Å². The largest absolute Gasteiger partial charge is 0.356 e. The second-order valence-corrected chi connectivity index (χ2v) is 8.12. The fourth-order valence-electron chi connectivity index (χ4n) is 4.86. The molecule has 29 heavy (non-hydrogen) atoms. The Kier molecular flexibility index (Phi) is 4.19. The maximum Gasteiger partial charge on any atom is 0.246 e. The molecule has 1 saturated heterocycles. The number of para-hydroxylation sites is 1. The van der Waals surface area contributed by atoms with E-state index in [0.29, 0.717) is 6.42 Å². The molecule has 1 N–H and O–H groups in total. The van der Waals surface area contributed by atoms with Crippen molar-refractivity contribution in [3.8, 4) is 0 Å². The number of piperazine rings is 1. The Bertz CT molecular complexity index is 1090. The highest BCUT2D eigenvalue weighted by Crippen LogP contribution is 2.42. The van der Waals surface area contributed by atoms with Crippen molar-refractivity contribution in [1.29, 1.82) is 0 Å². The van der Waals surface area contributed by atoms with E-state index in [4.69, 9.17) is 0 Å². The third-order valence-corrected chi connectivity index (χ3v) is 6.53. The minimum Gasteiger partial charge on any atom is -0.356 e. The number of nitrogens with one attached hydrogen (secondary N) is 1. The minimum absolute atomic E-state index is 0.0214. The number of hydrogen-bond donors (Lipinski definition) is 1. The maximum absolute atomic E-state index is 13.5. The molecule has 5 rings (SSSR count). The summed E-state index contributed by atoms with van der Waals surface area (Å²) in [5.41, 5.74) is 4.27. The number of hydrogen-bond acceptors (Lipinski definition) is 2. The van der Waals surface area contributed by atoms with Gasteiger partial charge in [-0.15, -0.1) is 0 Å². The van der Waals surface area contributed by atoms with Crippen LogP contribution in [-0.4, -0.2) is 45.2 Å². The third-order valence-electron chi connectivity index (χ3n) is 6.53. The van der Waals surface area contributed by atoms with Gasteiger partial charge in [-0.05, 0) is 30.5 Å². The molecule has 2 aliphatic heterocycles. The van der Waals surface area contributed by atoms with Crippen LogP contribution in [0.25, 0.3) is 10.9 Å². The summed E-state index contributed by atoms with van der Waals surface area (Å²) in [7, 11) is 0. The first-order valence-corrected chi connectivity index (χ1v) is 10.4. The summed E-state index contributed by atoms with van der Waals surface area (Å²) in [6.45, 7) is 4.24. The molecule has 3 atom stereocenters. The van der Waals surface area contributed by atoms with E-state index in [-0.39, 0.29) is 30.4 Å². The lowest BCUT2D eigenvalue weighted by Gasteiger charge is -2.48. The zero-order chi connectivity index (χ0) is 20.1. The van der Waals surface area contributed by atoms with Crippen LogP contribution in [0.4, 0.5) is 0 Å². The highest BCUT2D eigenvalue weighted by molar-refractivity contribution is 5.97. The van der Waals surface area contributed by atoms with E-state index in [1.165, 1.54) is 0 Å². The van der Waals surface area contributed by atoms with Crippen LogP contribution in [0.5, 0.6) is 0 Å². The number of fused-ring (bicyclic) bond motifs is 4. The third kappa shape index (κ3) is 2.68. The summed E-state index contributed by atoms with van der Waals surface area (Å²) in [6, 6.07) is 17.6. The normalized spacial score (nSPS) is 22.6. The highest BCUT2D eigenvalue weighted by atomic mass is 16.2. The van der Waals surface area contributed by atoms with Gasteiger partial charge in [-0.2, -0.15) is 0 Å². The van der Waals surface area contributed by atoms with Crippen LogP contribution in [0, 0.1) is 0 Å². The molecular weight excluding hydrogens is 362 g/mol. The Hall–Kier alpha value is -3.08. The van der Waals surface area contributed by atoms with Gasteiger partial charge in [-0.25, -0.2) is 0 Å². The van der Waals surface area contributed by atoms with Gasteiger partial charge in [-0.3, -0.25) is 9.59 Å². The predicted octanol–water partition coefficient (Wildman–Crippen LogP) is 3.65. The van der Waals surface area contributed by atoms with Gasteiger partial charge in [0.25, 0.3) is 0 Å². The molecule has 3 aromatic rings. The number of carbonyl (C=O) groups excluding carboxylic acids is 2. The van der Waals surface area contributed by atoms with Crippen molar-refractivity contribution in [2.24, 2.45) is 0 Å². The summed E-state index contributed by atoms with van der Waals surface area (Å²) in [5, 5.41) is 1.14. The van der Waals surface area contributed by atoms with Crippen molar-refractivity contribution >= 4 is 22.7 Å². The van der Waals surface area contributed by atoms with Crippen LogP contribution in [-0.2, 0) is 16.0 Å². The average molecular weight is 387 g/mol. The molecule has 3 heterocycles. The molecule has 0 bridgehead atoms. The number of carbonyl (C=O) groups is 2. The molecule has 1 aromatic heterocycles. The summed E-state index contributed by atoms with van der Waals surface area (Å²) in [6.07, 6.45) is 1.40.